The first-order valence-corrected chi connectivity index (χ1v) is 8.06. The van der Waals surface area contributed by atoms with Crippen LogP contribution in [0.2, 0.25) is 0 Å². The smallest absolute Gasteiger partial charge is 0.243 e. The fraction of sp³-hybridized carbons (Fsp3) is 0.158. The lowest BCUT2D eigenvalue weighted by atomic mass is 10.1. The summed E-state index contributed by atoms with van der Waals surface area (Å²) in [5.74, 6) is -0.646. The molecule has 128 valence electrons. The lowest BCUT2D eigenvalue weighted by Gasteiger charge is -2.12. The molecule has 0 bridgehead atoms. The van der Waals surface area contributed by atoms with Gasteiger partial charge in [0, 0.05) is 22.8 Å². The SMILES string of the molecule is N[C@@H](Cc1c[nH]c2ccccc12)C(=O)NCC(=O)Nc1ccccc1. The monoisotopic (exact) mass is 336 g/mol. The summed E-state index contributed by atoms with van der Waals surface area (Å²) in [7, 11) is 0. The second kappa shape index (κ2) is 7.63. The van der Waals surface area contributed by atoms with Gasteiger partial charge in [0.05, 0.1) is 12.6 Å². The van der Waals surface area contributed by atoms with Gasteiger partial charge < -0.3 is 21.4 Å². The van der Waals surface area contributed by atoms with Crippen molar-refractivity contribution in [3.63, 3.8) is 0 Å². The van der Waals surface area contributed by atoms with Crippen molar-refractivity contribution in [1.82, 2.24) is 10.3 Å². The Bertz CT molecular complexity index is 873. The van der Waals surface area contributed by atoms with E-state index >= 15 is 0 Å². The van der Waals surface area contributed by atoms with Crippen LogP contribution in [-0.4, -0.2) is 29.4 Å². The number of H-pyrrole nitrogens is 1. The number of para-hydroxylation sites is 2. The molecule has 0 fully saturated rings. The van der Waals surface area contributed by atoms with Gasteiger partial charge in [0.15, 0.2) is 0 Å². The Hall–Kier alpha value is -3.12. The molecular formula is C19H20N4O2. The van der Waals surface area contributed by atoms with Crippen LogP contribution in [0, 0.1) is 0 Å². The number of nitrogens with two attached hydrogens (primary N) is 1. The van der Waals surface area contributed by atoms with Gasteiger partial charge in [0.25, 0.3) is 0 Å². The molecule has 0 spiro atoms. The van der Waals surface area contributed by atoms with Gasteiger partial charge in [-0.05, 0) is 30.2 Å². The molecule has 0 saturated heterocycles. The zero-order valence-corrected chi connectivity index (χ0v) is 13.7. The van der Waals surface area contributed by atoms with Crippen LogP contribution in [0.5, 0.6) is 0 Å². The Kier molecular flexibility index (Phi) is 5.11. The number of nitrogens with one attached hydrogen (secondary N) is 3. The van der Waals surface area contributed by atoms with Crippen molar-refractivity contribution in [3.8, 4) is 0 Å². The number of fused-ring (bicyclic) bond motifs is 1. The van der Waals surface area contributed by atoms with Gasteiger partial charge in [-0.15, -0.1) is 0 Å². The minimum absolute atomic E-state index is 0.116. The number of rotatable bonds is 6. The van der Waals surface area contributed by atoms with Gasteiger partial charge in [-0.25, -0.2) is 0 Å². The largest absolute Gasteiger partial charge is 0.361 e. The van der Waals surface area contributed by atoms with Crippen LogP contribution in [0.25, 0.3) is 10.9 Å². The van der Waals surface area contributed by atoms with E-state index in [9.17, 15) is 9.59 Å². The molecule has 5 N–H and O–H groups in total. The Morgan fingerprint density at radius 2 is 1.76 bits per heavy atom. The zero-order valence-electron chi connectivity index (χ0n) is 13.7. The number of benzene rings is 2. The summed E-state index contributed by atoms with van der Waals surface area (Å²) in [4.78, 5) is 27.2. The third kappa shape index (κ3) is 4.24. The van der Waals surface area contributed by atoms with E-state index in [2.05, 4.69) is 15.6 Å². The predicted octanol–water partition coefficient (Wildman–Crippen LogP) is 1.79. The molecule has 6 heteroatoms. The van der Waals surface area contributed by atoms with Crippen molar-refractivity contribution >= 4 is 28.4 Å². The van der Waals surface area contributed by atoms with E-state index in [1.807, 2.05) is 48.7 Å². The molecule has 2 amide bonds. The number of aromatic nitrogens is 1. The van der Waals surface area contributed by atoms with Crippen LogP contribution in [-0.2, 0) is 16.0 Å². The number of amides is 2. The number of hydrogen-bond acceptors (Lipinski definition) is 3. The molecule has 0 aliphatic carbocycles. The molecule has 6 nitrogen and oxygen atoms in total. The lowest BCUT2D eigenvalue weighted by molar-refractivity contribution is -0.125. The molecule has 1 heterocycles. The molecule has 3 rings (SSSR count). The van der Waals surface area contributed by atoms with Gasteiger partial charge >= 0.3 is 0 Å². The first-order chi connectivity index (χ1) is 12.1. The van der Waals surface area contributed by atoms with Crippen molar-refractivity contribution in [2.75, 3.05) is 11.9 Å². The molecule has 3 aromatic rings. The Balaban J connectivity index is 1.51. The Labute approximate surface area is 145 Å². The second-order valence-corrected chi connectivity index (χ2v) is 5.80. The number of carbonyl (C=O) groups is 2. The Morgan fingerprint density at radius 3 is 2.56 bits per heavy atom. The summed E-state index contributed by atoms with van der Waals surface area (Å²) in [5, 5.41) is 6.33. The van der Waals surface area contributed by atoms with Crippen LogP contribution < -0.4 is 16.4 Å². The topological polar surface area (TPSA) is 100 Å². The average Bonchev–Trinajstić information content (AvgIpc) is 3.03. The van der Waals surface area contributed by atoms with Crippen LogP contribution in [0.15, 0.2) is 60.8 Å². The fourth-order valence-electron chi connectivity index (χ4n) is 2.66. The summed E-state index contributed by atoms with van der Waals surface area (Å²) >= 11 is 0. The number of anilines is 1. The molecular weight excluding hydrogens is 316 g/mol. The van der Waals surface area contributed by atoms with Gasteiger partial charge in [0.1, 0.15) is 0 Å². The quantitative estimate of drug-likeness (QED) is 0.552. The average molecular weight is 336 g/mol. The summed E-state index contributed by atoms with van der Waals surface area (Å²) in [6.45, 7) is -0.116. The maximum Gasteiger partial charge on any atom is 0.243 e. The van der Waals surface area contributed by atoms with Crippen molar-refractivity contribution in [2.24, 2.45) is 5.73 Å². The minimum Gasteiger partial charge on any atom is -0.361 e. The molecule has 0 aliphatic heterocycles. The van der Waals surface area contributed by atoms with E-state index in [4.69, 9.17) is 5.73 Å². The normalized spacial score (nSPS) is 11.9. The van der Waals surface area contributed by atoms with E-state index in [0.29, 0.717) is 12.1 Å². The maximum absolute atomic E-state index is 12.1. The van der Waals surface area contributed by atoms with Crippen molar-refractivity contribution < 1.29 is 9.59 Å². The number of carbonyl (C=O) groups excluding carboxylic acids is 2. The highest BCUT2D eigenvalue weighted by atomic mass is 16.2. The van der Waals surface area contributed by atoms with Crippen LogP contribution in [0.3, 0.4) is 0 Å². The highest BCUT2D eigenvalue weighted by molar-refractivity contribution is 5.95. The van der Waals surface area contributed by atoms with Crippen molar-refractivity contribution in [2.45, 2.75) is 12.5 Å². The Morgan fingerprint density at radius 1 is 1.04 bits per heavy atom. The number of aromatic amines is 1. The minimum atomic E-state index is -0.719. The highest BCUT2D eigenvalue weighted by Gasteiger charge is 2.17. The van der Waals surface area contributed by atoms with Crippen LogP contribution >= 0.6 is 0 Å². The lowest BCUT2D eigenvalue weighted by Crippen LogP contribution is -2.44. The fourth-order valence-corrected chi connectivity index (χ4v) is 2.66. The third-order valence-corrected chi connectivity index (χ3v) is 3.93. The molecule has 25 heavy (non-hydrogen) atoms. The van der Waals surface area contributed by atoms with Gasteiger partial charge in [-0.1, -0.05) is 36.4 Å². The first kappa shape index (κ1) is 16.7. The van der Waals surface area contributed by atoms with E-state index < -0.39 is 6.04 Å². The van der Waals surface area contributed by atoms with Gasteiger partial charge in [-0.2, -0.15) is 0 Å². The van der Waals surface area contributed by atoms with Gasteiger partial charge in [0.2, 0.25) is 11.8 Å². The summed E-state index contributed by atoms with van der Waals surface area (Å²) in [5.41, 5.74) is 8.65. The molecule has 1 aromatic heterocycles. The maximum atomic E-state index is 12.1. The van der Waals surface area contributed by atoms with Crippen molar-refractivity contribution in [1.29, 1.82) is 0 Å². The van der Waals surface area contributed by atoms with Crippen LogP contribution in [0.4, 0.5) is 5.69 Å². The highest BCUT2D eigenvalue weighted by Crippen LogP contribution is 2.18. The predicted molar refractivity (Wildman–Crippen MR) is 98.1 cm³/mol. The molecule has 0 saturated carbocycles. The molecule has 1 atom stereocenters. The van der Waals surface area contributed by atoms with E-state index in [0.717, 1.165) is 16.5 Å². The van der Waals surface area contributed by atoms with E-state index in [1.165, 1.54) is 0 Å². The summed E-state index contributed by atoms with van der Waals surface area (Å²) in [6, 6.07) is 16.2. The summed E-state index contributed by atoms with van der Waals surface area (Å²) < 4.78 is 0. The van der Waals surface area contributed by atoms with Crippen molar-refractivity contribution in [3.05, 3.63) is 66.4 Å². The standard InChI is InChI=1S/C19H20N4O2/c20-16(10-13-11-21-17-9-5-4-8-15(13)17)19(25)22-12-18(24)23-14-6-2-1-3-7-14/h1-9,11,16,21H,10,12,20H2,(H,22,25)(H,23,24)/t16-/m0/s1. The summed E-state index contributed by atoms with van der Waals surface area (Å²) in [6.07, 6.45) is 2.26. The van der Waals surface area contributed by atoms with E-state index in [1.54, 1.807) is 12.1 Å². The van der Waals surface area contributed by atoms with Gasteiger partial charge in [-0.3, -0.25) is 9.59 Å². The molecule has 2 aromatic carbocycles. The third-order valence-electron chi connectivity index (χ3n) is 3.93. The second-order valence-electron chi connectivity index (χ2n) is 5.80. The first-order valence-electron chi connectivity index (χ1n) is 8.06. The van der Waals surface area contributed by atoms with Crippen LogP contribution in [0.1, 0.15) is 5.56 Å². The van der Waals surface area contributed by atoms with E-state index in [-0.39, 0.29) is 18.4 Å². The number of hydrogen-bond donors (Lipinski definition) is 4. The zero-order chi connectivity index (χ0) is 17.6. The molecule has 0 unspecified atom stereocenters. The molecule has 0 aliphatic rings. The molecule has 0 radical (unpaired) electrons.